The summed E-state index contributed by atoms with van der Waals surface area (Å²) in [4.78, 5) is 4.73. The lowest BCUT2D eigenvalue weighted by Crippen LogP contribution is -1.95. The van der Waals surface area contributed by atoms with Crippen LogP contribution in [-0.2, 0) is 0 Å². The Morgan fingerprint density at radius 3 is 2.46 bits per heavy atom. The summed E-state index contributed by atoms with van der Waals surface area (Å²) in [5, 5.41) is 12.6. The van der Waals surface area contributed by atoms with Gasteiger partial charge in [-0.2, -0.15) is 5.26 Å². The summed E-state index contributed by atoms with van der Waals surface area (Å²) in [6, 6.07) is 24.0. The Morgan fingerprint density at radius 1 is 0.917 bits per heavy atom. The molecule has 0 amide bonds. The van der Waals surface area contributed by atoms with Crippen LogP contribution in [0.3, 0.4) is 0 Å². The number of ether oxygens (including phenoxy) is 1. The first-order chi connectivity index (χ1) is 11.8. The summed E-state index contributed by atoms with van der Waals surface area (Å²) in [5.41, 5.74) is 2.89. The molecule has 0 bridgehead atoms. The number of rotatable bonds is 2. The van der Waals surface area contributed by atoms with Crippen molar-refractivity contribution in [3.63, 3.8) is 0 Å². The number of nitrogens with zero attached hydrogens (tertiary/aromatic N) is 2. The number of hydrogen-bond acceptors (Lipinski definition) is 3. The summed E-state index contributed by atoms with van der Waals surface area (Å²) in [6.07, 6.45) is 0. The van der Waals surface area contributed by atoms with Gasteiger partial charge in [-0.15, -0.1) is 0 Å². The second kappa shape index (κ2) is 5.68. The van der Waals surface area contributed by atoms with Crippen LogP contribution < -0.4 is 4.74 Å². The molecule has 1 aromatic heterocycles. The highest BCUT2D eigenvalue weighted by molar-refractivity contribution is 5.96. The van der Waals surface area contributed by atoms with E-state index in [9.17, 15) is 5.26 Å². The molecule has 0 radical (unpaired) electrons. The van der Waals surface area contributed by atoms with Gasteiger partial charge in [-0.1, -0.05) is 48.5 Å². The number of benzene rings is 3. The summed E-state index contributed by atoms with van der Waals surface area (Å²) in [5.74, 6) is 0.743. The zero-order valence-electron chi connectivity index (χ0n) is 13.2. The van der Waals surface area contributed by atoms with Gasteiger partial charge in [-0.05, 0) is 23.6 Å². The lowest BCUT2D eigenvalue weighted by Gasteiger charge is -2.13. The van der Waals surface area contributed by atoms with Gasteiger partial charge in [0, 0.05) is 16.3 Å². The SMILES string of the molecule is COc1c(-c2nc3ccccc3cc2C#N)ccc2ccccc12. The number of para-hydroxylation sites is 1. The largest absolute Gasteiger partial charge is 0.495 e. The normalized spacial score (nSPS) is 10.7. The third-order valence-corrected chi connectivity index (χ3v) is 4.18. The van der Waals surface area contributed by atoms with Crippen molar-refractivity contribution in [2.45, 2.75) is 0 Å². The van der Waals surface area contributed by atoms with E-state index in [0.29, 0.717) is 11.3 Å². The van der Waals surface area contributed by atoms with Gasteiger partial charge in [0.05, 0.1) is 23.9 Å². The highest BCUT2D eigenvalue weighted by Crippen LogP contribution is 2.37. The minimum absolute atomic E-state index is 0.544. The number of methoxy groups -OCH3 is 1. The quantitative estimate of drug-likeness (QED) is 0.527. The van der Waals surface area contributed by atoms with Crippen LogP contribution in [0.5, 0.6) is 5.75 Å². The Morgan fingerprint density at radius 2 is 1.67 bits per heavy atom. The monoisotopic (exact) mass is 310 g/mol. The Labute approximate surface area is 139 Å². The van der Waals surface area contributed by atoms with E-state index < -0.39 is 0 Å². The lowest BCUT2D eigenvalue weighted by atomic mass is 9.99. The molecule has 24 heavy (non-hydrogen) atoms. The Balaban J connectivity index is 2.07. The maximum atomic E-state index is 9.59. The third-order valence-electron chi connectivity index (χ3n) is 4.18. The molecule has 3 heteroatoms. The molecule has 0 aliphatic carbocycles. The number of hydrogen-bond donors (Lipinski definition) is 0. The summed E-state index contributed by atoms with van der Waals surface area (Å²) >= 11 is 0. The second-order valence-corrected chi connectivity index (χ2v) is 5.56. The molecule has 1 heterocycles. The van der Waals surface area contributed by atoms with Crippen molar-refractivity contribution in [3.05, 3.63) is 72.3 Å². The van der Waals surface area contributed by atoms with Gasteiger partial charge < -0.3 is 4.74 Å². The fraction of sp³-hybridized carbons (Fsp3) is 0.0476. The van der Waals surface area contributed by atoms with E-state index in [1.165, 1.54) is 0 Å². The molecule has 0 saturated carbocycles. The molecular formula is C21H14N2O. The van der Waals surface area contributed by atoms with Crippen molar-refractivity contribution in [3.8, 4) is 23.1 Å². The Kier molecular flexibility index (Phi) is 3.36. The first-order valence-electron chi connectivity index (χ1n) is 7.68. The minimum Gasteiger partial charge on any atom is -0.495 e. The highest BCUT2D eigenvalue weighted by atomic mass is 16.5. The summed E-state index contributed by atoms with van der Waals surface area (Å²) in [6.45, 7) is 0. The van der Waals surface area contributed by atoms with Gasteiger partial charge in [0.2, 0.25) is 0 Å². The maximum Gasteiger partial charge on any atom is 0.136 e. The van der Waals surface area contributed by atoms with E-state index in [2.05, 4.69) is 6.07 Å². The standard InChI is InChI=1S/C21H14N2O/c1-24-21-17-8-4-2-6-14(17)10-11-18(21)20-16(13-22)12-15-7-3-5-9-19(15)23-20/h2-12H,1H3. The molecule has 3 aromatic carbocycles. The van der Waals surface area contributed by atoms with Crippen LogP contribution in [0.4, 0.5) is 0 Å². The van der Waals surface area contributed by atoms with E-state index in [4.69, 9.17) is 9.72 Å². The van der Waals surface area contributed by atoms with Crippen molar-refractivity contribution in [1.29, 1.82) is 5.26 Å². The van der Waals surface area contributed by atoms with E-state index in [1.807, 2.05) is 66.7 Å². The van der Waals surface area contributed by atoms with Gasteiger partial charge in [0.15, 0.2) is 0 Å². The van der Waals surface area contributed by atoms with Crippen molar-refractivity contribution in [1.82, 2.24) is 4.98 Å². The molecule has 0 aliphatic rings. The predicted molar refractivity (Wildman–Crippen MR) is 96.0 cm³/mol. The predicted octanol–water partition coefficient (Wildman–Crippen LogP) is 4.94. The number of nitriles is 1. The fourth-order valence-electron chi connectivity index (χ4n) is 3.06. The van der Waals surface area contributed by atoms with Gasteiger partial charge in [-0.25, -0.2) is 4.98 Å². The van der Waals surface area contributed by atoms with Gasteiger partial charge in [0.25, 0.3) is 0 Å². The van der Waals surface area contributed by atoms with Crippen LogP contribution in [0.2, 0.25) is 0 Å². The molecule has 0 atom stereocenters. The van der Waals surface area contributed by atoms with E-state index >= 15 is 0 Å². The second-order valence-electron chi connectivity index (χ2n) is 5.56. The highest BCUT2D eigenvalue weighted by Gasteiger charge is 2.15. The molecule has 0 N–H and O–H groups in total. The Bertz CT molecular complexity index is 1110. The average Bonchev–Trinajstić information content (AvgIpc) is 2.65. The molecule has 114 valence electrons. The smallest absolute Gasteiger partial charge is 0.136 e. The molecule has 0 spiro atoms. The van der Waals surface area contributed by atoms with Crippen molar-refractivity contribution in [2.75, 3.05) is 7.11 Å². The molecule has 0 saturated heterocycles. The Hall–Kier alpha value is -3.38. The zero-order valence-corrected chi connectivity index (χ0v) is 13.2. The average molecular weight is 310 g/mol. The van der Waals surface area contributed by atoms with Crippen LogP contribution in [-0.4, -0.2) is 12.1 Å². The van der Waals surface area contributed by atoms with Crippen LogP contribution >= 0.6 is 0 Å². The van der Waals surface area contributed by atoms with Gasteiger partial charge >= 0.3 is 0 Å². The van der Waals surface area contributed by atoms with Crippen LogP contribution in [0.15, 0.2) is 66.7 Å². The summed E-state index contributed by atoms with van der Waals surface area (Å²) < 4.78 is 5.68. The van der Waals surface area contributed by atoms with Gasteiger partial charge in [-0.3, -0.25) is 0 Å². The number of aromatic nitrogens is 1. The molecule has 3 nitrogen and oxygen atoms in total. The van der Waals surface area contributed by atoms with E-state index in [0.717, 1.165) is 33.0 Å². The van der Waals surface area contributed by atoms with Crippen molar-refractivity contribution in [2.24, 2.45) is 0 Å². The van der Waals surface area contributed by atoms with Gasteiger partial charge in [0.1, 0.15) is 11.8 Å². The molecule has 4 rings (SSSR count). The third kappa shape index (κ3) is 2.17. The summed E-state index contributed by atoms with van der Waals surface area (Å²) in [7, 11) is 1.65. The van der Waals surface area contributed by atoms with Crippen LogP contribution in [0, 0.1) is 11.3 Å². The minimum atomic E-state index is 0.544. The van der Waals surface area contributed by atoms with Crippen LogP contribution in [0.1, 0.15) is 5.56 Å². The first kappa shape index (κ1) is 14.2. The maximum absolute atomic E-state index is 9.59. The topological polar surface area (TPSA) is 45.9 Å². The first-order valence-corrected chi connectivity index (χ1v) is 7.68. The van der Waals surface area contributed by atoms with E-state index in [1.54, 1.807) is 7.11 Å². The molecule has 0 aliphatic heterocycles. The van der Waals surface area contributed by atoms with Crippen molar-refractivity contribution < 1.29 is 4.74 Å². The van der Waals surface area contributed by atoms with Crippen LogP contribution in [0.25, 0.3) is 32.9 Å². The molecule has 4 aromatic rings. The number of pyridine rings is 1. The van der Waals surface area contributed by atoms with Crippen molar-refractivity contribution >= 4 is 21.7 Å². The van der Waals surface area contributed by atoms with E-state index in [-0.39, 0.29) is 0 Å². The fourth-order valence-corrected chi connectivity index (χ4v) is 3.06. The molecular weight excluding hydrogens is 296 g/mol. The molecule has 0 fully saturated rings. The number of fused-ring (bicyclic) bond motifs is 2. The lowest BCUT2D eigenvalue weighted by molar-refractivity contribution is 0.421. The zero-order chi connectivity index (χ0) is 16.5. The molecule has 0 unspecified atom stereocenters.